The monoisotopic (exact) mass is 208 g/mol. The molecule has 0 aromatic heterocycles. The zero-order valence-electron chi connectivity index (χ0n) is 10.1. The maximum atomic E-state index is 3.57. The van der Waals surface area contributed by atoms with Crippen LogP contribution in [0.3, 0.4) is 0 Å². The Balaban J connectivity index is 1.59. The van der Waals surface area contributed by atoms with Crippen molar-refractivity contribution >= 4 is 0 Å². The third-order valence-electron chi connectivity index (χ3n) is 5.00. The molecule has 2 nitrogen and oxygen atoms in total. The minimum Gasteiger partial charge on any atom is -0.311 e. The molecule has 0 amide bonds. The minimum absolute atomic E-state index is 0.737. The van der Waals surface area contributed by atoms with E-state index >= 15 is 0 Å². The van der Waals surface area contributed by atoms with Crippen LogP contribution < -0.4 is 5.32 Å². The standard InChI is InChI=1S/C13H24N2/c1-9-13-12(8-14-9)15(13)10(2)11-6-4-3-5-7-11/h9-14H,3-8H2,1-2H3/t9-,10-,12-,13+,15?/m1/s1. The fourth-order valence-corrected chi connectivity index (χ4v) is 4.00. The summed E-state index contributed by atoms with van der Waals surface area (Å²) in [5.41, 5.74) is 0. The molecule has 2 saturated heterocycles. The smallest absolute Gasteiger partial charge is 0.0421 e. The highest BCUT2D eigenvalue weighted by atomic mass is 15.4. The molecule has 0 radical (unpaired) electrons. The quantitative estimate of drug-likeness (QED) is 0.698. The largest absolute Gasteiger partial charge is 0.311 e. The van der Waals surface area contributed by atoms with E-state index in [1.54, 1.807) is 0 Å². The predicted molar refractivity (Wildman–Crippen MR) is 62.9 cm³/mol. The molecule has 1 saturated carbocycles. The van der Waals surface area contributed by atoms with Gasteiger partial charge in [-0.25, -0.2) is 0 Å². The van der Waals surface area contributed by atoms with Gasteiger partial charge in [0.05, 0.1) is 0 Å². The Morgan fingerprint density at radius 3 is 2.53 bits per heavy atom. The molecule has 1 unspecified atom stereocenters. The summed E-state index contributed by atoms with van der Waals surface area (Å²) < 4.78 is 0. The third kappa shape index (κ3) is 1.62. The first-order chi connectivity index (χ1) is 7.29. The van der Waals surface area contributed by atoms with Gasteiger partial charge in [-0.15, -0.1) is 0 Å². The van der Waals surface area contributed by atoms with Crippen molar-refractivity contribution in [1.29, 1.82) is 0 Å². The maximum absolute atomic E-state index is 3.57. The van der Waals surface area contributed by atoms with Gasteiger partial charge in [-0.3, -0.25) is 4.90 Å². The Kier molecular flexibility index (Phi) is 2.52. The normalized spacial score (nSPS) is 47.6. The second-order valence-electron chi connectivity index (χ2n) is 5.84. The van der Waals surface area contributed by atoms with E-state index in [1.807, 2.05) is 0 Å². The highest BCUT2D eigenvalue weighted by Crippen LogP contribution is 2.42. The van der Waals surface area contributed by atoms with Crippen molar-refractivity contribution in [2.24, 2.45) is 5.92 Å². The first-order valence-corrected chi connectivity index (χ1v) is 6.80. The lowest BCUT2D eigenvalue weighted by atomic mass is 9.84. The molecule has 2 heterocycles. The fraction of sp³-hybridized carbons (Fsp3) is 1.00. The minimum atomic E-state index is 0.737. The lowest BCUT2D eigenvalue weighted by molar-refractivity contribution is 0.199. The molecular formula is C13H24N2. The fourth-order valence-electron chi connectivity index (χ4n) is 4.00. The predicted octanol–water partition coefficient (Wildman–Crippen LogP) is 2.00. The van der Waals surface area contributed by atoms with Crippen LogP contribution in [0.5, 0.6) is 0 Å². The highest BCUT2D eigenvalue weighted by molar-refractivity contribution is 5.15. The summed E-state index contributed by atoms with van der Waals surface area (Å²) in [4.78, 5) is 2.79. The Bertz CT molecular complexity index is 235. The van der Waals surface area contributed by atoms with Crippen LogP contribution in [0.25, 0.3) is 0 Å². The van der Waals surface area contributed by atoms with Gasteiger partial charge < -0.3 is 5.32 Å². The van der Waals surface area contributed by atoms with Crippen molar-refractivity contribution in [3.8, 4) is 0 Å². The van der Waals surface area contributed by atoms with Gasteiger partial charge in [0.15, 0.2) is 0 Å². The highest BCUT2D eigenvalue weighted by Gasteiger charge is 2.57. The molecule has 86 valence electrons. The molecule has 0 aromatic rings. The van der Waals surface area contributed by atoms with Gasteiger partial charge in [-0.2, -0.15) is 0 Å². The number of fused-ring (bicyclic) bond motifs is 1. The summed E-state index contributed by atoms with van der Waals surface area (Å²) in [5, 5.41) is 3.57. The van der Waals surface area contributed by atoms with Crippen LogP contribution in [-0.4, -0.2) is 35.6 Å². The lowest BCUT2D eigenvalue weighted by Gasteiger charge is -2.31. The van der Waals surface area contributed by atoms with Gasteiger partial charge in [0.25, 0.3) is 0 Å². The molecule has 5 atom stereocenters. The van der Waals surface area contributed by atoms with E-state index in [0.29, 0.717) is 0 Å². The van der Waals surface area contributed by atoms with E-state index in [4.69, 9.17) is 0 Å². The van der Waals surface area contributed by atoms with E-state index in [-0.39, 0.29) is 0 Å². The number of nitrogens with zero attached hydrogens (tertiary/aromatic N) is 1. The molecule has 2 heteroatoms. The van der Waals surface area contributed by atoms with Crippen molar-refractivity contribution in [1.82, 2.24) is 10.2 Å². The number of piperazine rings is 1. The van der Waals surface area contributed by atoms with Crippen LogP contribution in [0.15, 0.2) is 0 Å². The average Bonchev–Trinajstić information content (AvgIpc) is 2.90. The molecule has 3 fully saturated rings. The average molecular weight is 208 g/mol. The summed E-state index contributed by atoms with van der Waals surface area (Å²) in [6.45, 7) is 6.06. The third-order valence-corrected chi connectivity index (χ3v) is 5.00. The van der Waals surface area contributed by atoms with Crippen molar-refractivity contribution < 1.29 is 0 Å². The van der Waals surface area contributed by atoms with E-state index < -0.39 is 0 Å². The topological polar surface area (TPSA) is 15.0 Å². The first-order valence-electron chi connectivity index (χ1n) is 6.80. The molecule has 3 aliphatic rings. The molecule has 0 spiro atoms. The van der Waals surface area contributed by atoms with Crippen LogP contribution in [0.1, 0.15) is 46.0 Å². The van der Waals surface area contributed by atoms with Crippen molar-refractivity contribution in [3.63, 3.8) is 0 Å². The van der Waals surface area contributed by atoms with Crippen molar-refractivity contribution in [2.45, 2.75) is 70.1 Å². The van der Waals surface area contributed by atoms with Crippen molar-refractivity contribution in [3.05, 3.63) is 0 Å². The van der Waals surface area contributed by atoms with Gasteiger partial charge in [-0.1, -0.05) is 19.3 Å². The second-order valence-corrected chi connectivity index (χ2v) is 5.84. The summed E-state index contributed by atoms with van der Waals surface area (Å²) in [6, 6.07) is 3.35. The molecule has 0 bridgehead atoms. The van der Waals surface area contributed by atoms with Crippen molar-refractivity contribution in [2.75, 3.05) is 6.54 Å². The van der Waals surface area contributed by atoms with Crippen LogP contribution >= 0.6 is 0 Å². The summed E-state index contributed by atoms with van der Waals surface area (Å²) in [7, 11) is 0. The Morgan fingerprint density at radius 2 is 1.93 bits per heavy atom. The van der Waals surface area contributed by atoms with E-state index in [2.05, 4.69) is 24.1 Å². The zero-order chi connectivity index (χ0) is 10.4. The SMILES string of the molecule is C[C@H](C1CCCCC1)N1[C@@H]2[C@H]1CN[C@@H]2C. The summed E-state index contributed by atoms with van der Waals surface area (Å²) in [5.74, 6) is 0.997. The van der Waals surface area contributed by atoms with Gasteiger partial charge in [-0.05, 0) is 32.6 Å². The van der Waals surface area contributed by atoms with Gasteiger partial charge in [0.1, 0.15) is 0 Å². The summed E-state index contributed by atoms with van der Waals surface area (Å²) >= 11 is 0. The van der Waals surface area contributed by atoms with Crippen LogP contribution in [0.4, 0.5) is 0 Å². The number of hydrogen-bond acceptors (Lipinski definition) is 2. The van der Waals surface area contributed by atoms with E-state index in [0.717, 1.165) is 30.1 Å². The molecule has 15 heavy (non-hydrogen) atoms. The zero-order valence-corrected chi connectivity index (χ0v) is 10.1. The van der Waals surface area contributed by atoms with Crippen LogP contribution in [-0.2, 0) is 0 Å². The summed E-state index contributed by atoms with van der Waals surface area (Å²) in [6.07, 6.45) is 7.41. The second kappa shape index (κ2) is 3.74. The Labute approximate surface area is 93.4 Å². The van der Waals surface area contributed by atoms with Crippen LogP contribution in [0.2, 0.25) is 0 Å². The van der Waals surface area contributed by atoms with Crippen LogP contribution in [0, 0.1) is 5.92 Å². The van der Waals surface area contributed by atoms with Gasteiger partial charge in [0, 0.05) is 30.7 Å². The molecular weight excluding hydrogens is 184 g/mol. The van der Waals surface area contributed by atoms with Gasteiger partial charge in [0.2, 0.25) is 0 Å². The molecule has 1 aliphatic carbocycles. The van der Waals surface area contributed by atoms with Gasteiger partial charge >= 0.3 is 0 Å². The molecule has 3 rings (SSSR count). The lowest BCUT2D eigenvalue weighted by Crippen LogP contribution is -2.38. The number of nitrogens with one attached hydrogen (secondary N) is 1. The van der Waals surface area contributed by atoms with E-state index in [9.17, 15) is 0 Å². The molecule has 1 N–H and O–H groups in total. The first kappa shape index (κ1) is 10.1. The Hall–Kier alpha value is -0.0800. The number of hydrogen-bond donors (Lipinski definition) is 1. The van der Waals surface area contributed by atoms with E-state index in [1.165, 1.54) is 38.6 Å². The molecule has 2 aliphatic heterocycles. The molecule has 0 aromatic carbocycles. The number of rotatable bonds is 2. The maximum Gasteiger partial charge on any atom is 0.0421 e. The Morgan fingerprint density at radius 1 is 1.20 bits per heavy atom.